The van der Waals surface area contributed by atoms with E-state index < -0.39 is 11.9 Å². The molecule has 4 rings (SSSR count). The number of hydrogen-bond acceptors (Lipinski definition) is 3. The molecule has 0 heterocycles. The lowest BCUT2D eigenvalue weighted by Crippen LogP contribution is -2.19. The molecule has 0 fully saturated rings. The van der Waals surface area contributed by atoms with Gasteiger partial charge in [0.25, 0.3) is 0 Å². The summed E-state index contributed by atoms with van der Waals surface area (Å²) in [5.74, 6) is -0.919. The Morgan fingerprint density at radius 2 is 0.875 bits per heavy atom. The number of carbonyl (C=O) groups is 2. The van der Waals surface area contributed by atoms with Gasteiger partial charge in [0.05, 0.1) is 0 Å². The summed E-state index contributed by atoms with van der Waals surface area (Å²) >= 11 is 0. The van der Waals surface area contributed by atoms with Gasteiger partial charge in [-0.05, 0) is 73.6 Å². The summed E-state index contributed by atoms with van der Waals surface area (Å²) in [4.78, 5) is 26.6. The molecule has 2 aromatic rings. The summed E-state index contributed by atoms with van der Waals surface area (Å²) in [5, 5.41) is 0. The molecule has 2 aliphatic rings. The van der Waals surface area contributed by atoms with Crippen LogP contribution in [0.25, 0.3) is 11.1 Å². The Bertz CT molecular complexity index is 999. The fraction of sp³-hybridized carbons (Fsp3) is 0.379. The maximum atomic E-state index is 13.3. The third-order valence-corrected chi connectivity index (χ3v) is 6.61. The Morgan fingerprint density at radius 3 is 1.31 bits per heavy atom. The van der Waals surface area contributed by atoms with E-state index in [-0.39, 0.29) is 0 Å². The summed E-state index contributed by atoms with van der Waals surface area (Å²) in [6.45, 7) is 0. The van der Waals surface area contributed by atoms with Crippen molar-refractivity contribution in [2.45, 2.75) is 70.6 Å². The molecule has 0 saturated carbocycles. The molecule has 0 bridgehead atoms. The van der Waals surface area contributed by atoms with Crippen molar-refractivity contribution in [1.82, 2.24) is 0 Å². The molecule has 0 aliphatic heterocycles. The van der Waals surface area contributed by atoms with E-state index in [9.17, 15) is 9.59 Å². The highest BCUT2D eigenvalue weighted by Crippen LogP contribution is 2.34. The SMILES string of the molecule is O=C(OC(=O)C1=C(c2ccccc2)CCCCC1)C1=C(c2ccccc2)CCCCCC1. The molecule has 32 heavy (non-hydrogen) atoms. The predicted molar refractivity (Wildman–Crippen MR) is 129 cm³/mol. The molecule has 0 N–H and O–H groups in total. The number of benzene rings is 2. The van der Waals surface area contributed by atoms with Crippen molar-refractivity contribution in [3.05, 3.63) is 82.9 Å². The quantitative estimate of drug-likeness (QED) is 0.379. The predicted octanol–water partition coefficient (Wildman–Crippen LogP) is 7.28. The molecule has 0 atom stereocenters. The second-order valence-corrected chi connectivity index (χ2v) is 8.80. The van der Waals surface area contributed by atoms with E-state index in [2.05, 4.69) is 0 Å². The van der Waals surface area contributed by atoms with Crippen molar-refractivity contribution in [2.75, 3.05) is 0 Å². The lowest BCUT2D eigenvalue weighted by atomic mass is 9.89. The van der Waals surface area contributed by atoms with Crippen LogP contribution < -0.4 is 0 Å². The van der Waals surface area contributed by atoms with Crippen LogP contribution in [0.4, 0.5) is 0 Å². The van der Waals surface area contributed by atoms with Crippen LogP contribution in [-0.4, -0.2) is 11.9 Å². The minimum absolute atomic E-state index is 0.458. The maximum Gasteiger partial charge on any atom is 0.342 e. The molecule has 166 valence electrons. The van der Waals surface area contributed by atoms with Gasteiger partial charge in [0, 0.05) is 11.1 Å². The molecule has 2 aromatic carbocycles. The topological polar surface area (TPSA) is 43.4 Å². The van der Waals surface area contributed by atoms with Crippen molar-refractivity contribution in [2.24, 2.45) is 0 Å². The van der Waals surface area contributed by atoms with Crippen molar-refractivity contribution < 1.29 is 14.3 Å². The van der Waals surface area contributed by atoms with E-state index in [1.165, 1.54) is 6.42 Å². The average Bonchev–Trinajstić information content (AvgIpc) is 3.06. The van der Waals surface area contributed by atoms with Gasteiger partial charge in [0.2, 0.25) is 0 Å². The Balaban J connectivity index is 1.64. The van der Waals surface area contributed by atoms with Crippen molar-refractivity contribution in [1.29, 1.82) is 0 Å². The number of rotatable bonds is 4. The van der Waals surface area contributed by atoms with E-state index in [0.29, 0.717) is 24.0 Å². The van der Waals surface area contributed by atoms with Gasteiger partial charge in [-0.3, -0.25) is 0 Å². The second-order valence-electron chi connectivity index (χ2n) is 8.80. The molecular formula is C29H32O3. The summed E-state index contributed by atoms with van der Waals surface area (Å²) in [5.41, 5.74) is 5.56. The first kappa shape index (κ1) is 22.3. The van der Waals surface area contributed by atoms with Gasteiger partial charge in [-0.2, -0.15) is 0 Å². The van der Waals surface area contributed by atoms with Crippen LogP contribution in [0.2, 0.25) is 0 Å². The molecular weight excluding hydrogens is 396 g/mol. The molecule has 0 aromatic heterocycles. The summed E-state index contributed by atoms with van der Waals surface area (Å²) in [6.07, 6.45) is 10.4. The number of allylic oxidation sites excluding steroid dienone is 2. The zero-order valence-corrected chi connectivity index (χ0v) is 18.8. The first-order valence-corrected chi connectivity index (χ1v) is 12.1. The highest BCUT2D eigenvalue weighted by molar-refractivity contribution is 6.08. The van der Waals surface area contributed by atoms with Crippen LogP contribution >= 0.6 is 0 Å². The van der Waals surface area contributed by atoms with Crippen LogP contribution in [0.1, 0.15) is 81.8 Å². The number of ether oxygens (including phenoxy) is 1. The first-order chi connectivity index (χ1) is 15.7. The Morgan fingerprint density at radius 1 is 0.500 bits per heavy atom. The monoisotopic (exact) mass is 428 g/mol. The van der Waals surface area contributed by atoms with Gasteiger partial charge < -0.3 is 4.74 Å². The molecule has 0 spiro atoms. The van der Waals surface area contributed by atoms with Crippen molar-refractivity contribution in [3.63, 3.8) is 0 Å². The van der Waals surface area contributed by atoms with Crippen LogP contribution in [0.15, 0.2) is 71.8 Å². The first-order valence-electron chi connectivity index (χ1n) is 12.1. The van der Waals surface area contributed by atoms with E-state index in [1.54, 1.807) is 0 Å². The van der Waals surface area contributed by atoms with E-state index >= 15 is 0 Å². The van der Waals surface area contributed by atoms with E-state index in [1.807, 2.05) is 60.7 Å². The highest BCUT2D eigenvalue weighted by atomic mass is 16.6. The fourth-order valence-corrected chi connectivity index (χ4v) is 4.91. The minimum Gasteiger partial charge on any atom is -0.386 e. The second kappa shape index (κ2) is 11.1. The summed E-state index contributed by atoms with van der Waals surface area (Å²) in [7, 11) is 0. The van der Waals surface area contributed by atoms with E-state index in [0.717, 1.165) is 73.6 Å². The lowest BCUT2D eigenvalue weighted by molar-refractivity contribution is -0.154. The van der Waals surface area contributed by atoms with Gasteiger partial charge in [0.1, 0.15) is 0 Å². The molecule has 0 radical (unpaired) electrons. The van der Waals surface area contributed by atoms with Gasteiger partial charge in [-0.1, -0.05) is 79.9 Å². The van der Waals surface area contributed by atoms with Crippen LogP contribution in [-0.2, 0) is 14.3 Å². The third-order valence-electron chi connectivity index (χ3n) is 6.61. The van der Waals surface area contributed by atoms with Gasteiger partial charge in [-0.15, -0.1) is 0 Å². The van der Waals surface area contributed by atoms with Crippen LogP contribution in [0.5, 0.6) is 0 Å². The van der Waals surface area contributed by atoms with Crippen molar-refractivity contribution in [3.8, 4) is 0 Å². The largest absolute Gasteiger partial charge is 0.386 e. The smallest absolute Gasteiger partial charge is 0.342 e. The lowest BCUT2D eigenvalue weighted by Gasteiger charge is -2.18. The normalized spacial score (nSPS) is 17.9. The molecule has 0 saturated heterocycles. The standard InChI is InChI=1S/C29H32O3/c30-28(26-20-11-2-1-10-18-24(26)22-14-6-3-7-15-22)32-29(31)27-21-13-5-12-19-25(27)23-16-8-4-9-17-23/h3-4,6-9,14-17H,1-2,5,10-13,18-21H2. The summed E-state index contributed by atoms with van der Waals surface area (Å²) < 4.78 is 5.59. The Hall–Kier alpha value is -2.94. The minimum atomic E-state index is -0.460. The Labute approximate surface area is 191 Å². The van der Waals surface area contributed by atoms with Gasteiger partial charge in [-0.25, -0.2) is 9.59 Å². The average molecular weight is 429 g/mol. The van der Waals surface area contributed by atoms with Crippen molar-refractivity contribution >= 4 is 23.1 Å². The van der Waals surface area contributed by atoms with Crippen LogP contribution in [0, 0.1) is 0 Å². The molecule has 0 amide bonds. The third kappa shape index (κ3) is 5.45. The number of hydrogen-bond donors (Lipinski definition) is 0. The zero-order chi connectivity index (χ0) is 22.2. The van der Waals surface area contributed by atoms with Crippen LogP contribution in [0.3, 0.4) is 0 Å². The maximum absolute atomic E-state index is 13.3. The molecule has 3 heteroatoms. The fourth-order valence-electron chi connectivity index (χ4n) is 4.91. The molecule has 3 nitrogen and oxygen atoms in total. The number of carbonyl (C=O) groups excluding carboxylic acids is 2. The zero-order valence-electron chi connectivity index (χ0n) is 18.8. The van der Waals surface area contributed by atoms with Gasteiger partial charge >= 0.3 is 11.9 Å². The molecule has 0 unspecified atom stereocenters. The highest BCUT2D eigenvalue weighted by Gasteiger charge is 2.26. The Kier molecular flexibility index (Phi) is 7.71. The number of esters is 2. The summed E-state index contributed by atoms with van der Waals surface area (Å²) in [6, 6.07) is 20.1. The molecule has 2 aliphatic carbocycles. The van der Waals surface area contributed by atoms with Gasteiger partial charge in [0.15, 0.2) is 0 Å². The van der Waals surface area contributed by atoms with E-state index in [4.69, 9.17) is 4.74 Å².